The van der Waals surface area contributed by atoms with Gasteiger partial charge in [0.15, 0.2) is 0 Å². The van der Waals surface area contributed by atoms with Gasteiger partial charge in [-0.15, -0.1) is 0 Å². The third kappa shape index (κ3) is 3.41. The van der Waals surface area contributed by atoms with E-state index in [2.05, 4.69) is 25.8 Å². The van der Waals surface area contributed by atoms with Crippen LogP contribution in [0.1, 0.15) is 49.2 Å². The highest BCUT2D eigenvalue weighted by molar-refractivity contribution is 5.79. The molecule has 2 fully saturated rings. The number of rotatable bonds is 5. The van der Waals surface area contributed by atoms with E-state index in [1.807, 2.05) is 30.1 Å². The Morgan fingerprint density at radius 3 is 2.86 bits per heavy atom. The maximum absolute atomic E-state index is 12.8. The summed E-state index contributed by atoms with van der Waals surface area (Å²) in [5.74, 6) is 2.09. The number of pyridine rings is 1. The summed E-state index contributed by atoms with van der Waals surface area (Å²) in [6.07, 6.45) is 8.04. The Morgan fingerprint density at radius 1 is 1.28 bits per heavy atom. The van der Waals surface area contributed by atoms with Gasteiger partial charge in [-0.2, -0.15) is 0 Å². The molecule has 1 saturated carbocycles. The fourth-order valence-corrected chi connectivity index (χ4v) is 5.30. The number of nitrogens with one attached hydrogen (secondary N) is 1. The van der Waals surface area contributed by atoms with Gasteiger partial charge in [0, 0.05) is 62.7 Å². The van der Waals surface area contributed by atoms with E-state index < -0.39 is 0 Å². The summed E-state index contributed by atoms with van der Waals surface area (Å²) in [6.45, 7) is 3.22. The summed E-state index contributed by atoms with van der Waals surface area (Å²) >= 11 is 0. The van der Waals surface area contributed by atoms with Gasteiger partial charge in [-0.1, -0.05) is 12.5 Å². The lowest BCUT2D eigenvalue weighted by molar-refractivity contribution is -0.127. The van der Waals surface area contributed by atoms with Crippen molar-refractivity contribution >= 4 is 5.91 Å². The first-order valence-electron chi connectivity index (χ1n) is 10.8. The molecule has 2 aromatic rings. The van der Waals surface area contributed by atoms with Crippen LogP contribution in [0.15, 0.2) is 35.4 Å². The van der Waals surface area contributed by atoms with Crippen LogP contribution in [-0.2, 0) is 18.4 Å². The number of carbonyl (C=O) groups is 1. The zero-order chi connectivity index (χ0) is 20.0. The summed E-state index contributed by atoms with van der Waals surface area (Å²) in [5.41, 5.74) is 1.17. The first-order chi connectivity index (χ1) is 14.1. The molecular formula is C22H29N5O2. The molecule has 1 aliphatic carbocycles. The maximum Gasteiger partial charge on any atom is 0.251 e. The number of hydrogen-bond donors (Lipinski definition) is 1. The molecule has 2 aliphatic heterocycles. The number of hydrogen-bond acceptors (Lipinski definition) is 4. The highest BCUT2D eigenvalue weighted by Crippen LogP contribution is 2.41. The predicted molar refractivity (Wildman–Crippen MR) is 109 cm³/mol. The van der Waals surface area contributed by atoms with Crippen molar-refractivity contribution in [2.75, 3.05) is 19.6 Å². The predicted octanol–water partition coefficient (Wildman–Crippen LogP) is 1.66. The first kappa shape index (κ1) is 18.6. The van der Waals surface area contributed by atoms with Gasteiger partial charge in [0.2, 0.25) is 5.91 Å². The molecule has 0 radical (unpaired) electrons. The number of aromatic nitrogens is 3. The fourth-order valence-electron chi connectivity index (χ4n) is 5.30. The van der Waals surface area contributed by atoms with E-state index in [4.69, 9.17) is 0 Å². The van der Waals surface area contributed by atoms with Gasteiger partial charge >= 0.3 is 0 Å². The topological polar surface area (TPSA) is 72.2 Å². The normalized spacial score (nSPS) is 26.6. The lowest BCUT2D eigenvalue weighted by Gasteiger charge is -2.47. The molecule has 4 heterocycles. The molecule has 2 bridgehead atoms. The van der Waals surface area contributed by atoms with Crippen LogP contribution in [-0.4, -0.2) is 44.6 Å². The van der Waals surface area contributed by atoms with Crippen LogP contribution in [0, 0.1) is 11.8 Å². The van der Waals surface area contributed by atoms with Crippen molar-refractivity contribution in [3.8, 4) is 0 Å². The van der Waals surface area contributed by atoms with Crippen molar-refractivity contribution in [2.45, 2.75) is 44.2 Å². The summed E-state index contributed by atoms with van der Waals surface area (Å²) in [7, 11) is 2.03. The molecule has 1 saturated heterocycles. The maximum atomic E-state index is 12.8. The van der Waals surface area contributed by atoms with E-state index in [9.17, 15) is 9.59 Å². The monoisotopic (exact) mass is 395 g/mol. The molecule has 2 aromatic heterocycles. The van der Waals surface area contributed by atoms with Crippen molar-refractivity contribution in [3.63, 3.8) is 0 Å². The third-order valence-electron chi connectivity index (χ3n) is 7.12. The molecule has 5 rings (SSSR count). The molecule has 29 heavy (non-hydrogen) atoms. The molecule has 0 unspecified atom stereocenters. The molecule has 0 aromatic carbocycles. The van der Waals surface area contributed by atoms with Crippen molar-refractivity contribution in [2.24, 2.45) is 18.9 Å². The molecular weight excluding hydrogens is 366 g/mol. The number of aryl methyl sites for hydroxylation is 1. The Morgan fingerprint density at radius 2 is 2.14 bits per heavy atom. The van der Waals surface area contributed by atoms with Crippen LogP contribution >= 0.6 is 0 Å². The van der Waals surface area contributed by atoms with E-state index in [-0.39, 0.29) is 23.4 Å². The number of imidazole rings is 1. The zero-order valence-electron chi connectivity index (χ0n) is 17.0. The van der Waals surface area contributed by atoms with E-state index in [0.29, 0.717) is 18.4 Å². The van der Waals surface area contributed by atoms with Crippen LogP contribution in [0.3, 0.4) is 0 Å². The van der Waals surface area contributed by atoms with Gasteiger partial charge in [0.05, 0.1) is 12.6 Å². The Hall–Kier alpha value is -2.41. The number of likely N-dealkylation sites (tertiary alicyclic amines) is 1. The minimum atomic E-state index is 0.0168. The summed E-state index contributed by atoms with van der Waals surface area (Å²) in [4.78, 5) is 32.1. The minimum Gasteiger partial charge on any atom is -0.354 e. The second-order valence-electron chi connectivity index (χ2n) is 8.94. The average Bonchev–Trinajstić information content (AvgIpc) is 3.05. The second kappa shape index (κ2) is 7.44. The van der Waals surface area contributed by atoms with Gasteiger partial charge < -0.3 is 14.5 Å². The van der Waals surface area contributed by atoms with Gasteiger partial charge in [0.1, 0.15) is 5.82 Å². The third-order valence-corrected chi connectivity index (χ3v) is 7.12. The number of nitrogens with zero attached hydrogens (tertiary/aromatic N) is 4. The fraction of sp³-hybridized carbons (Fsp3) is 0.591. The quantitative estimate of drug-likeness (QED) is 0.836. The van der Waals surface area contributed by atoms with Gasteiger partial charge in [-0.3, -0.25) is 14.5 Å². The Bertz CT molecular complexity index is 960. The van der Waals surface area contributed by atoms with E-state index in [0.717, 1.165) is 56.8 Å². The van der Waals surface area contributed by atoms with E-state index in [1.54, 1.807) is 6.07 Å². The van der Waals surface area contributed by atoms with Crippen LogP contribution in [0.4, 0.5) is 0 Å². The van der Waals surface area contributed by atoms with Crippen LogP contribution < -0.4 is 10.9 Å². The van der Waals surface area contributed by atoms with Crippen molar-refractivity contribution in [1.29, 1.82) is 0 Å². The Labute approximate surface area is 170 Å². The van der Waals surface area contributed by atoms with Crippen LogP contribution in [0.2, 0.25) is 0 Å². The van der Waals surface area contributed by atoms with E-state index in [1.165, 1.54) is 0 Å². The molecule has 0 spiro atoms. The van der Waals surface area contributed by atoms with Crippen molar-refractivity contribution in [1.82, 2.24) is 24.3 Å². The van der Waals surface area contributed by atoms with Crippen molar-refractivity contribution in [3.05, 3.63) is 52.5 Å². The summed E-state index contributed by atoms with van der Waals surface area (Å²) in [5, 5.41) is 3.16. The van der Waals surface area contributed by atoms with Crippen molar-refractivity contribution < 1.29 is 4.79 Å². The van der Waals surface area contributed by atoms with Crippen LogP contribution in [0.25, 0.3) is 0 Å². The molecule has 3 aliphatic rings. The number of carbonyl (C=O) groups excluding carboxylic acids is 1. The molecule has 7 heteroatoms. The lowest BCUT2D eigenvalue weighted by atomic mass is 9.78. The highest BCUT2D eigenvalue weighted by Gasteiger charge is 2.41. The largest absolute Gasteiger partial charge is 0.354 e. The Kier molecular flexibility index (Phi) is 4.78. The highest BCUT2D eigenvalue weighted by atomic mass is 16.2. The first-order valence-corrected chi connectivity index (χ1v) is 10.8. The summed E-state index contributed by atoms with van der Waals surface area (Å²) in [6, 6.07) is 5.63. The number of piperidine rings is 1. The molecule has 3 atom stereocenters. The number of fused-ring (bicyclic) bond motifs is 4. The lowest BCUT2D eigenvalue weighted by Crippen LogP contribution is -2.52. The SMILES string of the molecule is Cn1ccnc1CN1C[C@H]2C[C@@H](C1)[C@H](CNC(=O)C1CCC1)n1c2cccc1=O. The van der Waals surface area contributed by atoms with Gasteiger partial charge in [-0.25, -0.2) is 4.98 Å². The molecule has 1 amide bonds. The molecule has 1 N–H and O–H groups in total. The van der Waals surface area contributed by atoms with E-state index >= 15 is 0 Å². The average molecular weight is 396 g/mol. The Balaban J connectivity index is 1.39. The smallest absolute Gasteiger partial charge is 0.251 e. The zero-order valence-corrected chi connectivity index (χ0v) is 17.0. The van der Waals surface area contributed by atoms with Crippen LogP contribution in [0.5, 0.6) is 0 Å². The molecule has 154 valence electrons. The summed E-state index contributed by atoms with van der Waals surface area (Å²) < 4.78 is 4.04. The molecule has 7 nitrogen and oxygen atoms in total. The number of amides is 1. The second-order valence-corrected chi connectivity index (χ2v) is 8.94. The standard InChI is InChI=1S/C22H29N5O2/c1-25-9-8-23-20(25)14-26-12-16-10-17(13-26)19(11-24-22(29)15-4-2-5-15)27-18(16)6-3-7-21(27)28/h3,6-9,15-17,19H,2,4-5,10-14H2,1H3,(H,24,29)/t16-,17+,19+/m1/s1. The van der Waals surface area contributed by atoms with Gasteiger partial charge in [-0.05, 0) is 31.2 Å². The van der Waals surface area contributed by atoms with Gasteiger partial charge in [0.25, 0.3) is 5.56 Å². The minimum absolute atomic E-state index is 0.0168.